The Morgan fingerprint density at radius 3 is 2.80 bits per heavy atom. The lowest BCUT2D eigenvalue weighted by Crippen LogP contribution is -2.17. The zero-order valence-corrected chi connectivity index (χ0v) is 15.2. The number of amides is 1. The molecule has 0 aliphatic heterocycles. The molecule has 0 saturated heterocycles. The number of aryl methyl sites for hydroxylation is 1. The third-order valence-corrected chi connectivity index (χ3v) is 5.62. The molecule has 0 bridgehead atoms. The van der Waals surface area contributed by atoms with Gasteiger partial charge in [0.15, 0.2) is 0 Å². The molecule has 7 heteroatoms. The molecule has 0 radical (unpaired) electrons. The smallest absolute Gasteiger partial charge is 0.341 e. The van der Waals surface area contributed by atoms with Crippen molar-refractivity contribution in [3.05, 3.63) is 50.6 Å². The van der Waals surface area contributed by atoms with Gasteiger partial charge in [0, 0.05) is 9.90 Å². The minimum Gasteiger partial charge on any atom is -0.465 e. The number of anilines is 1. The molecule has 1 heterocycles. The molecule has 0 saturated carbocycles. The summed E-state index contributed by atoms with van der Waals surface area (Å²) < 4.78 is 18.7. The molecule has 1 amide bonds. The monoisotopic (exact) mass is 381 g/mol. The lowest BCUT2D eigenvalue weighted by atomic mass is 9.95. The zero-order valence-electron chi connectivity index (χ0n) is 13.7. The van der Waals surface area contributed by atoms with E-state index < -0.39 is 11.8 Å². The minimum absolute atomic E-state index is 0.133. The molecule has 0 unspecified atom stereocenters. The van der Waals surface area contributed by atoms with Gasteiger partial charge in [0.05, 0.1) is 19.1 Å². The summed E-state index contributed by atoms with van der Waals surface area (Å²) in [7, 11) is 1.32. The van der Waals surface area contributed by atoms with Gasteiger partial charge >= 0.3 is 5.97 Å². The van der Waals surface area contributed by atoms with E-state index in [1.807, 2.05) is 0 Å². The Hall–Kier alpha value is -1.92. The molecule has 1 N–H and O–H groups in total. The van der Waals surface area contributed by atoms with Crippen LogP contribution in [0.4, 0.5) is 9.39 Å². The molecule has 1 aliphatic carbocycles. The largest absolute Gasteiger partial charge is 0.465 e. The summed E-state index contributed by atoms with van der Waals surface area (Å²) >= 11 is 7.13. The summed E-state index contributed by atoms with van der Waals surface area (Å²) in [5.41, 5.74) is 1.66. The second-order valence-corrected chi connectivity index (χ2v) is 7.41. The minimum atomic E-state index is -0.527. The van der Waals surface area contributed by atoms with Gasteiger partial charge in [0.25, 0.3) is 0 Å². The van der Waals surface area contributed by atoms with E-state index in [0.29, 0.717) is 10.6 Å². The number of thiophene rings is 1. The van der Waals surface area contributed by atoms with Crippen LogP contribution in [0.25, 0.3) is 0 Å². The molecular formula is C18H17ClFNO3S. The van der Waals surface area contributed by atoms with Crippen molar-refractivity contribution >= 4 is 39.8 Å². The summed E-state index contributed by atoms with van der Waals surface area (Å²) in [4.78, 5) is 25.6. The van der Waals surface area contributed by atoms with Crippen LogP contribution in [0.3, 0.4) is 0 Å². The number of carbonyl (C=O) groups is 2. The molecule has 0 spiro atoms. The van der Waals surface area contributed by atoms with Gasteiger partial charge in [-0.05, 0) is 48.9 Å². The summed E-state index contributed by atoms with van der Waals surface area (Å²) in [5, 5.41) is 3.52. The third kappa shape index (κ3) is 3.85. The lowest BCUT2D eigenvalue weighted by molar-refractivity contribution is -0.115. The number of rotatable bonds is 4. The second kappa shape index (κ2) is 7.54. The number of halogens is 2. The molecule has 1 aromatic carbocycles. The van der Waals surface area contributed by atoms with Crippen molar-refractivity contribution in [3.63, 3.8) is 0 Å². The predicted molar refractivity (Wildman–Crippen MR) is 96.0 cm³/mol. The predicted octanol–water partition coefficient (Wildman–Crippen LogP) is 4.39. The Kier molecular flexibility index (Phi) is 5.39. The molecule has 1 aliphatic rings. The Bertz CT molecular complexity index is 834. The number of benzene rings is 1. The van der Waals surface area contributed by atoms with E-state index in [0.717, 1.165) is 36.1 Å². The van der Waals surface area contributed by atoms with Crippen molar-refractivity contribution in [1.29, 1.82) is 0 Å². The highest BCUT2D eigenvalue weighted by Gasteiger charge is 2.27. The van der Waals surface area contributed by atoms with Crippen LogP contribution in [0.2, 0.25) is 5.02 Å². The van der Waals surface area contributed by atoms with Gasteiger partial charge in [0.1, 0.15) is 10.8 Å². The number of nitrogens with one attached hydrogen (secondary N) is 1. The van der Waals surface area contributed by atoms with E-state index in [4.69, 9.17) is 16.3 Å². The van der Waals surface area contributed by atoms with E-state index in [1.54, 1.807) is 0 Å². The van der Waals surface area contributed by atoms with Crippen LogP contribution in [0.15, 0.2) is 18.2 Å². The van der Waals surface area contributed by atoms with Gasteiger partial charge in [-0.1, -0.05) is 17.7 Å². The first kappa shape index (κ1) is 17.9. The number of fused-ring (bicyclic) bond motifs is 1. The van der Waals surface area contributed by atoms with Gasteiger partial charge in [-0.3, -0.25) is 4.79 Å². The summed E-state index contributed by atoms with van der Waals surface area (Å²) in [5.74, 6) is -1.36. The fourth-order valence-corrected chi connectivity index (χ4v) is 4.43. The number of esters is 1. The van der Waals surface area contributed by atoms with Crippen molar-refractivity contribution in [3.8, 4) is 0 Å². The molecule has 2 aromatic rings. The molecule has 0 atom stereocenters. The number of methoxy groups -OCH3 is 1. The van der Waals surface area contributed by atoms with Crippen molar-refractivity contribution in [1.82, 2.24) is 0 Å². The van der Waals surface area contributed by atoms with E-state index in [2.05, 4.69) is 5.32 Å². The van der Waals surface area contributed by atoms with Crippen LogP contribution >= 0.6 is 22.9 Å². The summed E-state index contributed by atoms with van der Waals surface area (Å²) in [6.07, 6.45) is 3.64. The highest BCUT2D eigenvalue weighted by atomic mass is 35.5. The first-order valence-electron chi connectivity index (χ1n) is 7.96. The van der Waals surface area contributed by atoms with E-state index >= 15 is 0 Å². The summed E-state index contributed by atoms with van der Waals surface area (Å²) in [6, 6.07) is 4.20. The third-order valence-electron chi connectivity index (χ3n) is 4.18. The van der Waals surface area contributed by atoms with Gasteiger partial charge in [-0.15, -0.1) is 11.3 Å². The van der Waals surface area contributed by atoms with E-state index in [1.165, 1.54) is 36.6 Å². The fourth-order valence-electron chi connectivity index (χ4n) is 2.98. The van der Waals surface area contributed by atoms with Crippen molar-refractivity contribution in [2.75, 3.05) is 12.4 Å². The average Bonchev–Trinajstić information content (AvgIpc) is 2.94. The van der Waals surface area contributed by atoms with Gasteiger partial charge in [0.2, 0.25) is 5.91 Å². The van der Waals surface area contributed by atoms with Gasteiger partial charge in [-0.2, -0.15) is 0 Å². The van der Waals surface area contributed by atoms with Crippen molar-refractivity contribution in [2.24, 2.45) is 0 Å². The van der Waals surface area contributed by atoms with Crippen LogP contribution in [0.1, 0.15) is 39.2 Å². The molecular weight excluding hydrogens is 365 g/mol. The average molecular weight is 382 g/mol. The standard InChI is InChI=1S/C18H17ClFNO3S/c1-24-18(23)16-12-4-2-3-5-14(12)25-17(16)21-15(22)8-10-6-7-11(19)9-13(10)20/h6-7,9H,2-5,8H2,1H3,(H,21,22). The maximum Gasteiger partial charge on any atom is 0.341 e. The Balaban J connectivity index is 1.83. The molecule has 132 valence electrons. The molecule has 25 heavy (non-hydrogen) atoms. The number of ether oxygens (including phenoxy) is 1. The highest BCUT2D eigenvalue weighted by molar-refractivity contribution is 7.17. The molecule has 3 rings (SSSR count). The maximum atomic E-state index is 13.9. The number of hydrogen-bond donors (Lipinski definition) is 1. The Morgan fingerprint density at radius 2 is 2.08 bits per heavy atom. The van der Waals surface area contributed by atoms with Crippen molar-refractivity contribution < 1.29 is 18.7 Å². The normalized spacial score (nSPS) is 13.2. The Labute approximate surface area is 153 Å². The molecule has 0 fully saturated rings. The van der Waals surface area contributed by atoms with Gasteiger partial charge in [-0.25, -0.2) is 9.18 Å². The molecule has 4 nitrogen and oxygen atoms in total. The Morgan fingerprint density at radius 1 is 1.32 bits per heavy atom. The van der Waals surface area contributed by atoms with E-state index in [-0.39, 0.29) is 22.9 Å². The van der Waals surface area contributed by atoms with Crippen LogP contribution in [0, 0.1) is 5.82 Å². The zero-order chi connectivity index (χ0) is 18.0. The van der Waals surface area contributed by atoms with Gasteiger partial charge < -0.3 is 10.1 Å². The quantitative estimate of drug-likeness (QED) is 0.799. The second-order valence-electron chi connectivity index (χ2n) is 5.87. The highest BCUT2D eigenvalue weighted by Crippen LogP contribution is 2.38. The van der Waals surface area contributed by atoms with Crippen LogP contribution in [0.5, 0.6) is 0 Å². The van der Waals surface area contributed by atoms with Crippen LogP contribution in [-0.4, -0.2) is 19.0 Å². The topological polar surface area (TPSA) is 55.4 Å². The SMILES string of the molecule is COC(=O)c1c(NC(=O)Cc2ccc(Cl)cc2F)sc2c1CCCC2. The first-order chi connectivity index (χ1) is 12.0. The van der Waals surface area contributed by atoms with E-state index in [9.17, 15) is 14.0 Å². The number of carbonyl (C=O) groups excluding carboxylic acids is 2. The van der Waals surface area contributed by atoms with Crippen LogP contribution < -0.4 is 5.32 Å². The summed E-state index contributed by atoms with van der Waals surface area (Å²) in [6.45, 7) is 0. The lowest BCUT2D eigenvalue weighted by Gasteiger charge is -2.11. The van der Waals surface area contributed by atoms with Crippen molar-refractivity contribution in [2.45, 2.75) is 32.1 Å². The maximum absolute atomic E-state index is 13.9. The number of hydrogen-bond acceptors (Lipinski definition) is 4. The fraction of sp³-hybridized carbons (Fsp3) is 0.333. The van der Waals surface area contributed by atoms with Crippen LogP contribution in [-0.2, 0) is 28.8 Å². The molecule has 1 aromatic heterocycles. The first-order valence-corrected chi connectivity index (χ1v) is 9.15.